The molecule has 0 aliphatic carbocycles. The van der Waals surface area contributed by atoms with Gasteiger partial charge in [-0.3, -0.25) is 19.8 Å². The molecule has 0 radical (unpaired) electrons. The fourth-order valence-electron chi connectivity index (χ4n) is 4.17. The molecular formula is C22H19Cl2F3N4O5. The number of nitrogens with one attached hydrogen (secondary N) is 3. The highest BCUT2D eigenvalue weighted by Crippen LogP contribution is 2.33. The zero-order chi connectivity index (χ0) is 26.2. The minimum Gasteiger partial charge on any atom is -0.505 e. The van der Waals surface area contributed by atoms with Gasteiger partial charge in [-0.25, -0.2) is 4.79 Å². The summed E-state index contributed by atoms with van der Waals surface area (Å²) in [5.41, 5.74) is 0.00904. The highest BCUT2D eigenvalue weighted by atomic mass is 35.5. The maximum absolute atomic E-state index is 13.4. The number of urea groups is 1. The second kappa shape index (κ2) is 10.0. The van der Waals surface area contributed by atoms with Gasteiger partial charge in [0.15, 0.2) is 5.75 Å². The van der Waals surface area contributed by atoms with Gasteiger partial charge in [-0.1, -0.05) is 41.4 Å². The molecule has 4 amide bonds. The highest BCUT2D eigenvalue weighted by molar-refractivity contribution is 6.37. The maximum Gasteiger partial charge on any atom is 0.573 e. The van der Waals surface area contributed by atoms with E-state index in [-0.39, 0.29) is 26.9 Å². The Bertz CT molecular complexity index is 1190. The van der Waals surface area contributed by atoms with Gasteiger partial charge in [0.05, 0.1) is 28.7 Å². The van der Waals surface area contributed by atoms with E-state index in [4.69, 9.17) is 23.2 Å². The summed E-state index contributed by atoms with van der Waals surface area (Å²) < 4.78 is 42.4. The smallest absolute Gasteiger partial charge is 0.505 e. The summed E-state index contributed by atoms with van der Waals surface area (Å²) in [6.45, 7) is -0.122. The number of piperidine rings is 1. The molecule has 9 nitrogen and oxygen atoms in total. The summed E-state index contributed by atoms with van der Waals surface area (Å²) in [6.07, 6.45) is -5.46. The number of hydrogen-bond donors (Lipinski definition) is 4. The fraction of sp³-hybridized carbons (Fsp3) is 0.318. The first-order valence-electron chi connectivity index (χ1n) is 10.6. The number of carbonyl (C=O) groups excluding carboxylic acids is 3. The van der Waals surface area contributed by atoms with Crippen LogP contribution in [0.4, 0.5) is 18.0 Å². The molecule has 192 valence electrons. The first kappa shape index (κ1) is 25.9. The number of phenolic OH excluding ortho intramolecular Hbond substituents is 1. The van der Waals surface area contributed by atoms with E-state index in [9.17, 15) is 32.7 Å². The number of carbonyl (C=O) groups is 3. The molecule has 3 atom stereocenters. The van der Waals surface area contributed by atoms with Crippen molar-refractivity contribution < 1.29 is 37.4 Å². The minimum absolute atomic E-state index is 0.0329. The van der Waals surface area contributed by atoms with Crippen molar-refractivity contribution in [2.75, 3.05) is 6.54 Å². The zero-order valence-electron chi connectivity index (χ0n) is 18.2. The number of halogens is 5. The second-order valence-corrected chi connectivity index (χ2v) is 8.96. The van der Waals surface area contributed by atoms with Crippen molar-refractivity contribution in [2.45, 2.75) is 31.5 Å². The van der Waals surface area contributed by atoms with Gasteiger partial charge in [0, 0.05) is 17.2 Å². The predicted octanol–water partition coefficient (Wildman–Crippen LogP) is 3.38. The maximum atomic E-state index is 13.4. The van der Waals surface area contributed by atoms with Crippen LogP contribution in [0.25, 0.3) is 0 Å². The highest BCUT2D eigenvalue weighted by Gasteiger charge is 2.47. The Kier molecular flexibility index (Phi) is 7.21. The van der Waals surface area contributed by atoms with Crippen LogP contribution in [-0.4, -0.2) is 53.0 Å². The SMILES string of the molecule is O=C(NC1CCNC2NC(=O)N(Cc3ccccc3OC(F)(F)F)C(=O)C12)c1cc(Cl)c(O)c(Cl)c1. The molecule has 14 heteroatoms. The average Bonchev–Trinajstić information content (AvgIpc) is 2.79. The third-order valence-corrected chi connectivity index (χ3v) is 6.39. The van der Waals surface area contributed by atoms with Crippen molar-refractivity contribution in [1.29, 1.82) is 0 Å². The Balaban J connectivity index is 1.55. The molecule has 2 fully saturated rings. The van der Waals surface area contributed by atoms with Crippen LogP contribution in [0.5, 0.6) is 11.5 Å². The number of ether oxygens (including phenoxy) is 1. The summed E-state index contributed by atoms with van der Waals surface area (Å²) in [4.78, 5) is 39.7. The Morgan fingerprint density at radius 2 is 1.86 bits per heavy atom. The van der Waals surface area contributed by atoms with E-state index in [1.807, 2.05) is 0 Å². The van der Waals surface area contributed by atoms with Crippen LogP contribution in [-0.2, 0) is 11.3 Å². The lowest BCUT2D eigenvalue weighted by Gasteiger charge is -2.44. The lowest BCUT2D eigenvalue weighted by molar-refractivity contribution is -0.274. The van der Waals surface area contributed by atoms with E-state index >= 15 is 0 Å². The first-order valence-corrected chi connectivity index (χ1v) is 11.4. The molecule has 2 aromatic rings. The van der Waals surface area contributed by atoms with Gasteiger partial charge < -0.3 is 20.5 Å². The molecule has 4 N–H and O–H groups in total. The quantitative estimate of drug-likeness (QED) is 0.456. The normalized spacial score (nSPS) is 22.0. The molecule has 4 rings (SSSR count). The van der Waals surface area contributed by atoms with Gasteiger partial charge in [0.2, 0.25) is 5.91 Å². The van der Waals surface area contributed by atoms with Crippen LogP contribution < -0.4 is 20.7 Å². The number of benzene rings is 2. The van der Waals surface area contributed by atoms with Gasteiger partial charge in [-0.05, 0) is 31.2 Å². The number of phenols is 1. The molecule has 0 bridgehead atoms. The van der Waals surface area contributed by atoms with Gasteiger partial charge in [0.1, 0.15) is 5.75 Å². The molecule has 3 unspecified atom stereocenters. The zero-order valence-corrected chi connectivity index (χ0v) is 19.7. The number of nitrogens with zero attached hydrogens (tertiary/aromatic N) is 1. The Morgan fingerprint density at radius 3 is 2.53 bits per heavy atom. The fourth-order valence-corrected chi connectivity index (χ4v) is 4.66. The van der Waals surface area contributed by atoms with Crippen LogP contribution in [0.3, 0.4) is 0 Å². The average molecular weight is 547 g/mol. The monoisotopic (exact) mass is 546 g/mol. The third-order valence-electron chi connectivity index (χ3n) is 5.81. The number of fused-ring (bicyclic) bond motifs is 1. The molecule has 36 heavy (non-hydrogen) atoms. The van der Waals surface area contributed by atoms with Crippen molar-refractivity contribution in [1.82, 2.24) is 20.9 Å². The van der Waals surface area contributed by atoms with Gasteiger partial charge in [-0.2, -0.15) is 0 Å². The van der Waals surface area contributed by atoms with Crippen LogP contribution >= 0.6 is 23.2 Å². The molecule has 0 aromatic heterocycles. The number of amides is 4. The lowest BCUT2D eigenvalue weighted by Crippen LogP contribution is -2.71. The van der Waals surface area contributed by atoms with Crippen molar-refractivity contribution in [3.8, 4) is 11.5 Å². The van der Waals surface area contributed by atoms with Crippen molar-refractivity contribution in [2.24, 2.45) is 5.92 Å². The summed E-state index contributed by atoms with van der Waals surface area (Å²) in [5.74, 6) is -3.19. The summed E-state index contributed by atoms with van der Waals surface area (Å²) >= 11 is 11.8. The molecule has 2 heterocycles. The van der Waals surface area contributed by atoms with Crippen molar-refractivity contribution in [3.05, 3.63) is 57.6 Å². The van der Waals surface area contributed by atoms with E-state index in [1.165, 1.54) is 30.3 Å². The summed E-state index contributed by atoms with van der Waals surface area (Å²) in [6, 6.07) is 6.05. The standard InChI is InChI=1S/C22H19Cl2F3N4O5/c23-12-7-11(8-13(24)17(12)32)19(33)29-14-5-6-28-18-16(14)20(34)31(21(35)30-18)9-10-3-1-2-4-15(10)36-22(25,26)27/h1-4,7-8,14,16,18,28,32H,5-6,9H2,(H,29,33)(H,30,35). The van der Waals surface area contributed by atoms with E-state index in [1.54, 1.807) is 0 Å². The number of hydrogen-bond acceptors (Lipinski definition) is 6. The first-order chi connectivity index (χ1) is 16.9. The van der Waals surface area contributed by atoms with Crippen LogP contribution in [0.1, 0.15) is 22.3 Å². The number of rotatable bonds is 5. The van der Waals surface area contributed by atoms with Crippen molar-refractivity contribution in [3.63, 3.8) is 0 Å². The number of imide groups is 1. The number of aromatic hydroxyl groups is 1. The lowest BCUT2D eigenvalue weighted by atomic mass is 9.87. The summed E-state index contributed by atoms with van der Waals surface area (Å²) in [7, 11) is 0. The number of para-hydroxylation sites is 1. The molecule has 2 aliphatic heterocycles. The number of alkyl halides is 3. The minimum atomic E-state index is -4.96. The molecular weight excluding hydrogens is 528 g/mol. The second-order valence-electron chi connectivity index (χ2n) is 8.14. The Morgan fingerprint density at radius 1 is 1.19 bits per heavy atom. The van der Waals surface area contributed by atoms with E-state index in [2.05, 4.69) is 20.7 Å². The van der Waals surface area contributed by atoms with E-state index < -0.39 is 54.6 Å². The molecule has 2 aliphatic rings. The van der Waals surface area contributed by atoms with Gasteiger partial charge in [0.25, 0.3) is 5.91 Å². The Hall–Kier alpha value is -3.22. The Labute approximate surface area is 212 Å². The van der Waals surface area contributed by atoms with Crippen LogP contribution in [0.2, 0.25) is 10.0 Å². The largest absolute Gasteiger partial charge is 0.573 e. The third kappa shape index (κ3) is 5.45. The topological polar surface area (TPSA) is 120 Å². The van der Waals surface area contributed by atoms with Crippen LogP contribution in [0, 0.1) is 5.92 Å². The summed E-state index contributed by atoms with van der Waals surface area (Å²) in [5, 5.41) is 17.8. The molecule has 0 spiro atoms. The van der Waals surface area contributed by atoms with E-state index in [0.717, 1.165) is 11.0 Å². The molecule has 2 saturated heterocycles. The molecule has 0 saturated carbocycles. The van der Waals surface area contributed by atoms with Gasteiger partial charge >= 0.3 is 12.4 Å². The van der Waals surface area contributed by atoms with E-state index in [0.29, 0.717) is 13.0 Å². The predicted molar refractivity (Wildman–Crippen MR) is 121 cm³/mol. The van der Waals surface area contributed by atoms with Crippen molar-refractivity contribution >= 4 is 41.0 Å². The van der Waals surface area contributed by atoms with Crippen LogP contribution in [0.15, 0.2) is 36.4 Å². The van der Waals surface area contributed by atoms with Gasteiger partial charge in [-0.15, -0.1) is 13.2 Å². The molecule has 2 aromatic carbocycles.